The molecule has 16 nitrogen and oxygen atoms in total. The fourth-order valence-electron chi connectivity index (χ4n) is 6.88. The number of benzene rings is 4. The van der Waals surface area contributed by atoms with Crippen LogP contribution in [0, 0.1) is 6.92 Å². The molecule has 0 aliphatic heterocycles. The predicted molar refractivity (Wildman–Crippen MR) is 250 cm³/mol. The minimum absolute atomic E-state index is 0.115. The van der Waals surface area contributed by atoms with E-state index in [4.69, 9.17) is 34.0 Å². The molecule has 0 radical (unpaired) electrons. The summed E-state index contributed by atoms with van der Waals surface area (Å²) in [5.74, 6) is 0.463. The van der Waals surface area contributed by atoms with Gasteiger partial charge in [0.1, 0.15) is 18.2 Å². The minimum atomic E-state index is -0.940. The van der Waals surface area contributed by atoms with Gasteiger partial charge in [-0.05, 0) is 70.3 Å². The van der Waals surface area contributed by atoms with Crippen LogP contribution in [0.25, 0.3) is 32.3 Å². The molecule has 4 aromatic carbocycles. The number of rotatable bonds is 33. The van der Waals surface area contributed by atoms with Crippen LogP contribution in [0.5, 0.6) is 5.75 Å². The zero-order valence-corrected chi connectivity index (χ0v) is 37.1. The lowest BCUT2D eigenvalue weighted by atomic mass is 9.95. The Kier molecular flexibility index (Phi) is 22.5. The molecule has 0 unspecified atom stereocenters. The number of carboxylic acid groups (broad SMARTS) is 1. The number of aliphatic carboxylic acids is 1. The summed E-state index contributed by atoms with van der Waals surface area (Å²) in [5.41, 5.74) is 13.2. The fourth-order valence-corrected chi connectivity index (χ4v) is 6.88. The van der Waals surface area contributed by atoms with Crippen molar-refractivity contribution in [1.82, 2.24) is 15.6 Å². The molecule has 1 amide bonds. The van der Waals surface area contributed by atoms with Crippen LogP contribution in [0.1, 0.15) is 42.0 Å². The Morgan fingerprint density at radius 3 is 2.15 bits per heavy atom. The van der Waals surface area contributed by atoms with Crippen LogP contribution < -0.4 is 20.7 Å². The van der Waals surface area contributed by atoms with Gasteiger partial charge in [0.2, 0.25) is 5.91 Å². The number of nitrogens with one attached hydrogen (secondary N) is 3. The summed E-state index contributed by atoms with van der Waals surface area (Å²) in [6.07, 6.45) is 2.52. The highest BCUT2D eigenvalue weighted by molar-refractivity contribution is 6.00. The van der Waals surface area contributed by atoms with Crippen LogP contribution in [-0.4, -0.2) is 114 Å². The van der Waals surface area contributed by atoms with Crippen molar-refractivity contribution in [2.75, 3.05) is 91.0 Å². The lowest BCUT2D eigenvalue weighted by molar-refractivity contribution is -0.137. The number of aryl methyl sites for hydroxylation is 1. The summed E-state index contributed by atoms with van der Waals surface area (Å²) >= 11 is 0. The zero-order valence-electron chi connectivity index (χ0n) is 37.1. The lowest BCUT2D eigenvalue weighted by Crippen LogP contribution is -2.46. The molecule has 5 aromatic rings. The van der Waals surface area contributed by atoms with Crippen LogP contribution in [0.4, 0.5) is 5.82 Å². The highest BCUT2D eigenvalue weighted by Crippen LogP contribution is 2.35. The maximum absolute atomic E-state index is 13.1. The summed E-state index contributed by atoms with van der Waals surface area (Å²) in [6.45, 7) is 7.58. The quantitative estimate of drug-likeness (QED) is 0.0139. The van der Waals surface area contributed by atoms with Gasteiger partial charge in [0.25, 0.3) is 0 Å². The Morgan fingerprint density at radius 2 is 1.46 bits per heavy atom. The second-order valence-corrected chi connectivity index (χ2v) is 15.1. The maximum atomic E-state index is 13.1. The van der Waals surface area contributed by atoms with Crippen molar-refractivity contribution in [3.05, 3.63) is 136 Å². The molecule has 1 heterocycles. The standard InChI is InChI=1S/C49H61N7O9/c1-37-19-21-52-47(32-37)51-20-7-12-48(57)55-41(36-64-35-38-8-3-2-4-9-38)34-53-45(33-49(58)59)40-15-13-39(14-16-40)42-17-18-46(44-11-6-5-10-43(42)44)65-31-30-63-29-28-62-27-26-61-25-24-60-23-22-54-56-50/h2-6,8-11,13-19,21,32,41,45,53H,7,12,20,22-31,33-36H2,1H3,(H,51,52)(H,55,57)(H,58,59)/t41-,45-/m0/s1. The van der Waals surface area contributed by atoms with Crippen molar-refractivity contribution in [2.45, 2.75) is 44.9 Å². The second-order valence-electron chi connectivity index (χ2n) is 15.1. The number of carbonyl (C=O) groups is 2. The fraction of sp³-hybridized carbons (Fsp3) is 0.408. The third-order valence-corrected chi connectivity index (χ3v) is 10.1. The van der Waals surface area contributed by atoms with Crippen LogP contribution in [0.15, 0.2) is 114 Å². The molecular weight excluding hydrogens is 831 g/mol. The van der Waals surface area contributed by atoms with E-state index in [1.165, 1.54) is 0 Å². The van der Waals surface area contributed by atoms with Crippen molar-refractivity contribution in [3.8, 4) is 16.9 Å². The molecule has 2 atom stereocenters. The van der Waals surface area contributed by atoms with Gasteiger partial charge in [0.05, 0.1) is 78.5 Å². The first-order valence-corrected chi connectivity index (χ1v) is 22.0. The number of fused-ring (bicyclic) bond motifs is 1. The Balaban J connectivity index is 1.11. The predicted octanol–water partition coefficient (Wildman–Crippen LogP) is 7.67. The average Bonchev–Trinajstić information content (AvgIpc) is 3.32. The average molecular weight is 892 g/mol. The highest BCUT2D eigenvalue weighted by Gasteiger charge is 2.20. The molecule has 0 saturated heterocycles. The molecule has 65 heavy (non-hydrogen) atoms. The van der Waals surface area contributed by atoms with E-state index in [1.807, 2.05) is 104 Å². The molecule has 4 N–H and O–H groups in total. The van der Waals surface area contributed by atoms with Crippen LogP contribution in [0.3, 0.4) is 0 Å². The summed E-state index contributed by atoms with van der Waals surface area (Å²) in [6, 6.07) is 32.7. The van der Waals surface area contributed by atoms with E-state index in [-0.39, 0.29) is 18.9 Å². The first-order chi connectivity index (χ1) is 31.9. The summed E-state index contributed by atoms with van der Waals surface area (Å²) < 4.78 is 34.2. The number of pyridine rings is 1. The van der Waals surface area contributed by atoms with Crippen LogP contribution in [-0.2, 0) is 39.9 Å². The number of hydrogen-bond acceptors (Lipinski definition) is 12. The number of azide groups is 1. The van der Waals surface area contributed by atoms with Gasteiger partial charge in [-0.25, -0.2) is 4.98 Å². The Hall–Kier alpha value is -6.10. The first kappa shape index (κ1) is 49.9. The first-order valence-electron chi connectivity index (χ1n) is 22.0. The van der Waals surface area contributed by atoms with Crippen LogP contribution in [0.2, 0.25) is 0 Å². The Labute approximate surface area is 380 Å². The van der Waals surface area contributed by atoms with Gasteiger partial charge in [-0.1, -0.05) is 90.0 Å². The highest BCUT2D eigenvalue weighted by atomic mass is 16.6. The van der Waals surface area contributed by atoms with Gasteiger partial charge >= 0.3 is 5.97 Å². The molecule has 0 saturated carbocycles. The van der Waals surface area contributed by atoms with E-state index >= 15 is 0 Å². The van der Waals surface area contributed by atoms with E-state index < -0.39 is 18.1 Å². The second kappa shape index (κ2) is 29.4. The van der Waals surface area contributed by atoms with E-state index in [0.717, 1.165) is 50.2 Å². The van der Waals surface area contributed by atoms with E-state index in [9.17, 15) is 14.7 Å². The third kappa shape index (κ3) is 18.9. The summed E-state index contributed by atoms with van der Waals surface area (Å²) in [7, 11) is 0. The smallest absolute Gasteiger partial charge is 0.305 e. The molecule has 0 fully saturated rings. The van der Waals surface area contributed by atoms with E-state index in [0.29, 0.717) is 98.5 Å². The molecule has 0 aliphatic carbocycles. The minimum Gasteiger partial charge on any atom is -0.491 e. The summed E-state index contributed by atoms with van der Waals surface area (Å²) in [4.78, 5) is 32.2. The van der Waals surface area contributed by atoms with Gasteiger partial charge in [0.15, 0.2) is 0 Å². The molecule has 5 rings (SSSR count). The largest absolute Gasteiger partial charge is 0.491 e. The third-order valence-electron chi connectivity index (χ3n) is 10.1. The normalized spacial score (nSPS) is 12.0. The number of amides is 1. The van der Waals surface area contributed by atoms with Crippen molar-refractivity contribution < 1.29 is 43.1 Å². The van der Waals surface area contributed by atoms with Crippen molar-refractivity contribution in [2.24, 2.45) is 5.11 Å². The number of aromatic nitrogens is 1. The van der Waals surface area contributed by atoms with Gasteiger partial charge in [-0.3, -0.25) is 9.59 Å². The molecule has 0 bridgehead atoms. The number of carboxylic acids is 1. The van der Waals surface area contributed by atoms with Crippen LogP contribution >= 0.6 is 0 Å². The number of carbonyl (C=O) groups excluding carboxylic acids is 1. The number of anilines is 1. The topological polar surface area (TPSA) is 207 Å². The molecule has 1 aromatic heterocycles. The SMILES string of the molecule is Cc1ccnc(NCCCC(=O)N[C@@H](CN[C@@H](CC(=O)O)c2ccc(-c3ccc(OCCOCCOCCOCCOCCN=[N+]=[N-])c4ccccc34)cc2)COCc2ccccc2)c1. The monoisotopic (exact) mass is 891 g/mol. The molecule has 346 valence electrons. The van der Waals surface area contributed by atoms with Crippen molar-refractivity contribution in [1.29, 1.82) is 0 Å². The molecular formula is C49H61N7O9. The molecule has 0 aliphatic rings. The molecule has 16 heteroatoms. The Morgan fingerprint density at radius 1 is 0.785 bits per heavy atom. The number of nitrogens with zero attached hydrogens (tertiary/aromatic N) is 4. The number of ether oxygens (including phenoxy) is 6. The maximum Gasteiger partial charge on any atom is 0.305 e. The van der Waals surface area contributed by atoms with Gasteiger partial charge in [-0.15, -0.1) is 0 Å². The lowest BCUT2D eigenvalue weighted by Gasteiger charge is -2.24. The van der Waals surface area contributed by atoms with Gasteiger partial charge in [-0.2, -0.15) is 0 Å². The van der Waals surface area contributed by atoms with E-state index in [1.54, 1.807) is 6.20 Å². The van der Waals surface area contributed by atoms with Crippen molar-refractivity contribution in [3.63, 3.8) is 0 Å². The Bertz CT molecular complexity index is 2210. The summed E-state index contributed by atoms with van der Waals surface area (Å²) in [5, 5.41) is 25.1. The van der Waals surface area contributed by atoms with Gasteiger partial charge < -0.3 is 49.5 Å². The number of hydrogen-bond donors (Lipinski definition) is 4. The van der Waals surface area contributed by atoms with Gasteiger partial charge in [0, 0.05) is 48.6 Å². The van der Waals surface area contributed by atoms with Crippen molar-refractivity contribution >= 4 is 28.5 Å². The zero-order chi connectivity index (χ0) is 45.7. The molecule has 0 spiro atoms. The van der Waals surface area contributed by atoms with E-state index in [2.05, 4.69) is 37.0 Å².